The predicted octanol–water partition coefficient (Wildman–Crippen LogP) is 1.88. The highest BCUT2D eigenvalue weighted by molar-refractivity contribution is 5.69. The zero-order valence-corrected chi connectivity index (χ0v) is 7.19. The third-order valence-corrected chi connectivity index (χ3v) is 1.43. The third kappa shape index (κ3) is 3.02. The van der Waals surface area contributed by atoms with Crippen LogP contribution in [0.5, 0.6) is 5.75 Å². The summed E-state index contributed by atoms with van der Waals surface area (Å²) in [5, 5.41) is 2.74. The van der Waals surface area contributed by atoms with Gasteiger partial charge in [-0.1, -0.05) is 17.3 Å². The van der Waals surface area contributed by atoms with Crippen LogP contribution in [-0.2, 0) is 11.3 Å². The van der Waals surface area contributed by atoms with Crippen molar-refractivity contribution in [2.75, 3.05) is 0 Å². The molecule has 0 aliphatic carbocycles. The fraction of sp³-hybridized carbons (Fsp3) is 0.222. The second-order valence-electron chi connectivity index (χ2n) is 2.52. The number of rotatable bonds is 3. The van der Waals surface area contributed by atoms with Crippen LogP contribution in [0.4, 0.5) is 0 Å². The maximum Gasteiger partial charge on any atom is 0.308 e. The number of carbonyl (C=O) groups excluding carboxylic acids is 1. The number of nitrogens with zero attached hydrogens (tertiary/aromatic N) is 1. The van der Waals surface area contributed by atoms with E-state index >= 15 is 0 Å². The molecule has 0 N–H and O–H groups in total. The molecule has 4 nitrogen and oxygen atoms in total. The fourth-order valence-corrected chi connectivity index (χ4v) is 0.903. The van der Waals surface area contributed by atoms with Gasteiger partial charge in [0.05, 0.1) is 0 Å². The minimum absolute atomic E-state index is 0.139. The number of nitroso groups, excluding NO2 is 1. The van der Waals surface area contributed by atoms with Crippen molar-refractivity contribution in [1.29, 1.82) is 0 Å². The molecule has 0 fully saturated rings. The van der Waals surface area contributed by atoms with E-state index in [9.17, 15) is 9.70 Å². The quantitative estimate of drug-likeness (QED) is 0.404. The van der Waals surface area contributed by atoms with Gasteiger partial charge in [0.25, 0.3) is 0 Å². The molecule has 68 valence electrons. The van der Waals surface area contributed by atoms with Crippen molar-refractivity contribution in [2.45, 2.75) is 13.5 Å². The van der Waals surface area contributed by atoms with Gasteiger partial charge in [-0.3, -0.25) is 4.79 Å². The molecule has 0 unspecified atom stereocenters. The van der Waals surface area contributed by atoms with Gasteiger partial charge < -0.3 is 4.74 Å². The molecule has 0 radical (unpaired) electrons. The minimum atomic E-state index is -0.360. The molecular formula is C9H9NO3. The SMILES string of the molecule is CC(=O)Oc1ccc(CN=O)cc1. The lowest BCUT2D eigenvalue weighted by Crippen LogP contribution is -2.00. The van der Waals surface area contributed by atoms with Crippen LogP contribution < -0.4 is 4.74 Å². The summed E-state index contributed by atoms with van der Waals surface area (Å²) in [5.41, 5.74) is 0.797. The van der Waals surface area contributed by atoms with Gasteiger partial charge in [-0.15, -0.1) is 0 Å². The molecule has 0 bridgehead atoms. The van der Waals surface area contributed by atoms with Crippen molar-refractivity contribution >= 4 is 5.97 Å². The van der Waals surface area contributed by atoms with Crippen molar-refractivity contribution in [1.82, 2.24) is 0 Å². The topological polar surface area (TPSA) is 55.7 Å². The Hall–Kier alpha value is -1.71. The number of benzene rings is 1. The van der Waals surface area contributed by atoms with E-state index in [1.54, 1.807) is 24.3 Å². The van der Waals surface area contributed by atoms with E-state index < -0.39 is 0 Å². The molecule has 0 atom stereocenters. The van der Waals surface area contributed by atoms with Gasteiger partial charge in [-0.05, 0) is 17.7 Å². The number of hydrogen-bond donors (Lipinski definition) is 0. The summed E-state index contributed by atoms with van der Waals surface area (Å²) in [7, 11) is 0. The molecule has 4 heteroatoms. The Morgan fingerprint density at radius 2 is 2.00 bits per heavy atom. The summed E-state index contributed by atoms with van der Waals surface area (Å²) in [6.07, 6.45) is 0. The molecular weight excluding hydrogens is 170 g/mol. The maximum absolute atomic E-state index is 10.5. The van der Waals surface area contributed by atoms with Crippen LogP contribution in [0.2, 0.25) is 0 Å². The third-order valence-electron chi connectivity index (χ3n) is 1.43. The maximum atomic E-state index is 10.5. The highest BCUT2D eigenvalue weighted by Crippen LogP contribution is 2.12. The number of ether oxygens (including phenoxy) is 1. The van der Waals surface area contributed by atoms with Crippen molar-refractivity contribution < 1.29 is 9.53 Å². The van der Waals surface area contributed by atoms with Crippen LogP contribution >= 0.6 is 0 Å². The fourth-order valence-electron chi connectivity index (χ4n) is 0.903. The number of hydrogen-bond acceptors (Lipinski definition) is 4. The van der Waals surface area contributed by atoms with Gasteiger partial charge in [-0.25, -0.2) is 0 Å². The van der Waals surface area contributed by atoms with E-state index in [4.69, 9.17) is 4.74 Å². The molecule has 13 heavy (non-hydrogen) atoms. The Morgan fingerprint density at radius 1 is 1.38 bits per heavy atom. The van der Waals surface area contributed by atoms with E-state index in [-0.39, 0.29) is 12.5 Å². The summed E-state index contributed by atoms with van der Waals surface area (Å²) in [5.74, 6) is 0.114. The van der Waals surface area contributed by atoms with Crippen molar-refractivity contribution in [3.05, 3.63) is 34.7 Å². The van der Waals surface area contributed by atoms with Crippen LogP contribution in [-0.4, -0.2) is 5.97 Å². The van der Waals surface area contributed by atoms with E-state index in [2.05, 4.69) is 5.18 Å². The minimum Gasteiger partial charge on any atom is -0.427 e. The summed E-state index contributed by atoms with van der Waals surface area (Å²) in [6.45, 7) is 1.47. The molecule has 0 aliphatic heterocycles. The summed E-state index contributed by atoms with van der Waals surface area (Å²) in [6, 6.07) is 6.64. The molecule has 0 saturated heterocycles. The lowest BCUT2D eigenvalue weighted by Gasteiger charge is -2.00. The molecule has 1 aromatic rings. The Labute approximate surface area is 75.5 Å². The second-order valence-corrected chi connectivity index (χ2v) is 2.52. The molecule has 1 aromatic carbocycles. The van der Waals surface area contributed by atoms with Gasteiger partial charge in [0.2, 0.25) is 0 Å². The molecule has 0 saturated carbocycles. The first-order valence-corrected chi connectivity index (χ1v) is 3.79. The number of esters is 1. The van der Waals surface area contributed by atoms with Gasteiger partial charge in [-0.2, -0.15) is 4.91 Å². The zero-order chi connectivity index (χ0) is 9.68. The molecule has 0 aliphatic rings. The molecule has 1 rings (SSSR count). The van der Waals surface area contributed by atoms with Gasteiger partial charge in [0, 0.05) is 6.92 Å². The average molecular weight is 179 g/mol. The zero-order valence-electron chi connectivity index (χ0n) is 7.19. The van der Waals surface area contributed by atoms with Crippen LogP contribution in [0.1, 0.15) is 12.5 Å². The monoisotopic (exact) mass is 179 g/mol. The van der Waals surface area contributed by atoms with Crippen LogP contribution in [0, 0.1) is 4.91 Å². The Balaban J connectivity index is 2.69. The van der Waals surface area contributed by atoms with Gasteiger partial charge in [0.15, 0.2) is 0 Å². The Kier molecular flexibility index (Phi) is 3.14. The van der Waals surface area contributed by atoms with Crippen LogP contribution in [0.25, 0.3) is 0 Å². The van der Waals surface area contributed by atoms with E-state index in [1.165, 1.54) is 6.92 Å². The first kappa shape index (κ1) is 9.38. The lowest BCUT2D eigenvalue weighted by atomic mass is 10.2. The van der Waals surface area contributed by atoms with Crippen molar-refractivity contribution in [3.63, 3.8) is 0 Å². The molecule has 0 heterocycles. The largest absolute Gasteiger partial charge is 0.427 e. The first-order chi connectivity index (χ1) is 6.22. The highest BCUT2D eigenvalue weighted by atomic mass is 16.5. The number of carbonyl (C=O) groups is 1. The first-order valence-electron chi connectivity index (χ1n) is 3.79. The Morgan fingerprint density at radius 3 is 2.46 bits per heavy atom. The lowest BCUT2D eigenvalue weighted by molar-refractivity contribution is -0.131. The van der Waals surface area contributed by atoms with Crippen LogP contribution in [0.3, 0.4) is 0 Å². The Bertz CT molecular complexity index is 305. The summed E-state index contributed by atoms with van der Waals surface area (Å²) < 4.78 is 4.80. The summed E-state index contributed by atoms with van der Waals surface area (Å²) >= 11 is 0. The predicted molar refractivity (Wildman–Crippen MR) is 47.3 cm³/mol. The van der Waals surface area contributed by atoms with Crippen LogP contribution in [0.15, 0.2) is 29.4 Å². The van der Waals surface area contributed by atoms with Crippen molar-refractivity contribution in [2.24, 2.45) is 5.18 Å². The van der Waals surface area contributed by atoms with E-state index in [0.717, 1.165) is 5.56 Å². The highest BCUT2D eigenvalue weighted by Gasteiger charge is 1.97. The van der Waals surface area contributed by atoms with Gasteiger partial charge >= 0.3 is 5.97 Å². The molecule has 0 spiro atoms. The normalized spacial score (nSPS) is 9.31. The summed E-state index contributed by atoms with van der Waals surface area (Å²) in [4.78, 5) is 20.4. The average Bonchev–Trinajstić information content (AvgIpc) is 2.08. The second kappa shape index (κ2) is 4.35. The smallest absolute Gasteiger partial charge is 0.308 e. The standard InChI is InChI=1S/C9H9NO3/c1-7(11)13-9-4-2-8(3-5-9)6-10-12/h2-5H,6H2,1H3. The van der Waals surface area contributed by atoms with Crippen molar-refractivity contribution in [3.8, 4) is 5.75 Å². The van der Waals surface area contributed by atoms with E-state index in [1.807, 2.05) is 0 Å². The van der Waals surface area contributed by atoms with Gasteiger partial charge in [0.1, 0.15) is 12.3 Å². The van der Waals surface area contributed by atoms with E-state index in [0.29, 0.717) is 5.75 Å². The molecule has 0 aromatic heterocycles. The molecule has 0 amide bonds.